The number of nitrogens with one attached hydrogen (secondary N) is 1. The molecule has 0 atom stereocenters. The van der Waals surface area contributed by atoms with E-state index in [2.05, 4.69) is 21.2 Å². The van der Waals surface area contributed by atoms with Gasteiger partial charge in [-0.3, -0.25) is 4.79 Å². The summed E-state index contributed by atoms with van der Waals surface area (Å²) in [5.74, 6) is 0.745. The summed E-state index contributed by atoms with van der Waals surface area (Å²) in [6, 6.07) is 5.21. The summed E-state index contributed by atoms with van der Waals surface area (Å²) in [7, 11) is 1.52. The molecule has 1 amide bonds. The van der Waals surface area contributed by atoms with Gasteiger partial charge in [-0.2, -0.15) is 0 Å². The SMILES string of the molecule is COc1cc(Cl)c(C)cc1NC(=O)COc1cc(C)c(Cl)c(C)c1Br. The van der Waals surface area contributed by atoms with Crippen molar-refractivity contribution in [3.8, 4) is 11.5 Å². The normalized spacial score (nSPS) is 10.5. The molecular formula is C18H18BrCl2NO3. The van der Waals surface area contributed by atoms with Crippen LogP contribution in [0.25, 0.3) is 0 Å². The van der Waals surface area contributed by atoms with E-state index in [-0.39, 0.29) is 12.5 Å². The minimum Gasteiger partial charge on any atom is -0.495 e. The van der Waals surface area contributed by atoms with E-state index in [0.717, 1.165) is 21.2 Å². The summed E-state index contributed by atoms with van der Waals surface area (Å²) in [6.07, 6.45) is 0. The van der Waals surface area contributed by atoms with Crippen LogP contribution in [0, 0.1) is 20.8 Å². The minimum atomic E-state index is -0.308. The van der Waals surface area contributed by atoms with Crippen LogP contribution < -0.4 is 14.8 Å². The van der Waals surface area contributed by atoms with Crippen LogP contribution in [0.2, 0.25) is 10.0 Å². The summed E-state index contributed by atoms with van der Waals surface area (Å²) in [5, 5.41) is 4.01. The molecule has 0 saturated carbocycles. The van der Waals surface area contributed by atoms with Gasteiger partial charge in [0.05, 0.1) is 17.3 Å². The number of aryl methyl sites for hydroxylation is 2. The van der Waals surface area contributed by atoms with E-state index < -0.39 is 0 Å². The topological polar surface area (TPSA) is 47.6 Å². The number of carbonyl (C=O) groups is 1. The first kappa shape index (κ1) is 19.9. The molecular weight excluding hydrogens is 429 g/mol. The van der Waals surface area contributed by atoms with Crippen molar-refractivity contribution >= 4 is 50.7 Å². The van der Waals surface area contributed by atoms with Crippen LogP contribution in [0.1, 0.15) is 16.7 Å². The number of ether oxygens (including phenoxy) is 2. The Morgan fingerprint density at radius 1 is 1.12 bits per heavy atom. The molecule has 25 heavy (non-hydrogen) atoms. The van der Waals surface area contributed by atoms with Crippen molar-refractivity contribution in [1.82, 2.24) is 0 Å². The number of benzene rings is 2. The molecule has 0 aliphatic rings. The summed E-state index contributed by atoms with van der Waals surface area (Å²) in [5.41, 5.74) is 3.13. The molecule has 0 spiro atoms. The van der Waals surface area contributed by atoms with E-state index in [0.29, 0.717) is 27.2 Å². The summed E-state index contributed by atoms with van der Waals surface area (Å²) >= 11 is 15.7. The highest BCUT2D eigenvalue weighted by molar-refractivity contribution is 9.10. The Kier molecular flexibility index (Phi) is 6.60. The standard InChI is InChI=1S/C18H18BrCl2NO3/c1-9-5-13(14(24-4)7-12(9)20)22-16(23)8-25-15-6-10(2)18(21)11(3)17(15)19/h5-7H,8H2,1-4H3,(H,22,23). The molecule has 0 aromatic heterocycles. The zero-order valence-corrected chi connectivity index (χ0v) is 17.4. The van der Waals surface area contributed by atoms with E-state index in [1.165, 1.54) is 7.11 Å². The smallest absolute Gasteiger partial charge is 0.262 e. The number of hydrogen-bond acceptors (Lipinski definition) is 3. The van der Waals surface area contributed by atoms with Gasteiger partial charge in [0, 0.05) is 16.1 Å². The lowest BCUT2D eigenvalue weighted by molar-refractivity contribution is -0.118. The highest BCUT2D eigenvalue weighted by Gasteiger charge is 2.14. The first-order valence-electron chi connectivity index (χ1n) is 7.46. The van der Waals surface area contributed by atoms with Gasteiger partial charge in [0.15, 0.2) is 6.61 Å². The highest BCUT2D eigenvalue weighted by Crippen LogP contribution is 2.36. The molecule has 2 aromatic rings. The summed E-state index contributed by atoms with van der Waals surface area (Å²) in [4.78, 5) is 12.2. The van der Waals surface area contributed by atoms with Crippen LogP contribution in [0.4, 0.5) is 5.69 Å². The maximum absolute atomic E-state index is 12.2. The Morgan fingerprint density at radius 3 is 2.44 bits per heavy atom. The third-order valence-corrected chi connectivity index (χ3v) is 5.66. The maximum Gasteiger partial charge on any atom is 0.262 e. The average Bonchev–Trinajstić information content (AvgIpc) is 2.58. The Balaban J connectivity index is 2.11. The van der Waals surface area contributed by atoms with E-state index in [9.17, 15) is 4.79 Å². The molecule has 1 N–H and O–H groups in total. The van der Waals surface area contributed by atoms with Crippen LogP contribution in [0.15, 0.2) is 22.7 Å². The molecule has 134 valence electrons. The second-order valence-corrected chi connectivity index (χ2v) is 7.16. The number of halogens is 3. The number of methoxy groups -OCH3 is 1. The fraction of sp³-hybridized carbons (Fsp3) is 0.278. The molecule has 0 unspecified atom stereocenters. The van der Waals surface area contributed by atoms with E-state index in [1.807, 2.05) is 20.8 Å². The van der Waals surface area contributed by atoms with Gasteiger partial charge in [-0.15, -0.1) is 0 Å². The molecule has 0 fully saturated rings. The molecule has 0 radical (unpaired) electrons. The lowest BCUT2D eigenvalue weighted by Crippen LogP contribution is -2.21. The minimum absolute atomic E-state index is 0.149. The Labute approximate surface area is 165 Å². The van der Waals surface area contributed by atoms with Crippen LogP contribution in [0.3, 0.4) is 0 Å². The number of amides is 1. The Morgan fingerprint density at radius 2 is 1.80 bits per heavy atom. The van der Waals surface area contributed by atoms with Gasteiger partial charge >= 0.3 is 0 Å². The van der Waals surface area contributed by atoms with Crippen molar-refractivity contribution in [1.29, 1.82) is 0 Å². The second kappa shape index (κ2) is 8.30. The van der Waals surface area contributed by atoms with Crippen molar-refractivity contribution in [2.75, 3.05) is 19.0 Å². The number of carbonyl (C=O) groups excluding carboxylic acids is 1. The molecule has 0 bridgehead atoms. The monoisotopic (exact) mass is 445 g/mol. The lowest BCUT2D eigenvalue weighted by Gasteiger charge is -2.14. The molecule has 4 nitrogen and oxygen atoms in total. The Hall–Kier alpha value is -1.43. The van der Waals surface area contributed by atoms with E-state index in [4.69, 9.17) is 32.7 Å². The lowest BCUT2D eigenvalue weighted by atomic mass is 10.1. The van der Waals surface area contributed by atoms with Crippen molar-refractivity contribution < 1.29 is 14.3 Å². The summed E-state index contributed by atoms with van der Waals surface area (Å²) in [6.45, 7) is 5.47. The van der Waals surface area contributed by atoms with Crippen LogP contribution >= 0.6 is 39.1 Å². The quantitative estimate of drug-likeness (QED) is 0.639. The molecule has 7 heteroatoms. The van der Waals surface area contributed by atoms with Gasteiger partial charge in [0.1, 0.15) is 11.5 Å². The molecule has 0 aliphatic carbocycles. The first-order valence-corrected chi connectivity index (χ1v) is 9.01. The molecule has 2 rings (SSSR count). The number of anilines is 1. The van der Waals surface area contributed by atoms with Gasteiger partial charge in [0.25, 0.3) is 5.91 Å². The fourth-order valence-corrected chi connectivity index (χ4v) is 3.11. The average molecular weight is 447 g/mol. The van der Waals surface area contributed by atoms with Crippen molar-refractivity contribution in [3.63, 3.8) is 0 Å². The highest BCUT2D eigenvalue weighted by atomic mass is 79.9. The first-order chi connectivity index (χ1) is 11.7. The second-order valence-electron chi connectivity index (χ2n) is 5.58. The van der Waals surface area contributed by atoms with E-state index >= 15 is 0 Å². The van der Waals surface area contributed by atoms with Crippen LogP contribution in [-0.4, -0.2) is 19.6 Å². The maximum atomic E-state index is 12.2. The van der Waals surface area contributed by atoms with Crippen LogP contribution in [-0.2, 0) is 4.79 Å². The number of hydrogen-bond donors (Lipinski definition) is 1. The molecule has 0 heterocycles. The predicted molar refractivity (Wildman–Crippen MR) is 105 cm³/mol. The fourth-order valence-electron chi connectivity index (χ4n) is 2.26. The summed E-state index contributed by atoms with van der Waals surface area (Å²) < 4.78 is 11.6. The van der Waals surface area contributed by atoms with E-state index in [1.54, 1.807) is 18.2 Å². The van der Waals surface area contributed by atoms with Gasteiger partial charge in [-0.1, -0.05) is 23.2 Å². The third-order valence-electron chi connectivity index (χ3n) is 3.68. The molecule has 0 saturated heterocycles. The Bertz CT molecular complexity index is 825. The number of rotatable bonds is 5. The molecule has 2 aromatic carbocycles. The van der Waals surface area contributed by atoms with Crippen molar-refractivity contribution in [2.45, 2.75) is 20.8 Å². The van der Waals surface area contributed by atoms with Gasteiger partial charge in [0.2, 0.25) is 0 Å². The zero-order chi connectivity index (χ0) is 18.7. The van der Waals surface area contributed by atoms with Gasteiger partial charge in [-0.25, -0.2) is 0 Å². The van der Waals surface area contributed by atoms with Crippen LogP contribution in [0.5, 0.6) is 11.5 Å². The predicted octanol–water partition coefficient (Wildman–Crippen LogP) is 5.71. The van der Waals surface area contributed by atoms with Crippen molar-refractivity contribution in [2.24, 2.45) is 0 Å². The largest absolute Gasteiger partial charge is 0.495 e. The van der Waals surface area contributed by atoms with Gasteiger partial charge in [-0.05, 0) is 65.5 Å². The van der Waals surface area contributed by atoms with Crippen molar-refractivity contribution in [3.05, 3.63) is 49.4 Å². The zero-order valence-electron chi connectivity index (χ0n) is 14.3. The molecule has 0 aliphatic heterocycles. The van der Waals surface area contributed by atoms with Gasteiger partial charge < -0.3 is 14.8 Å². The third kappa shape index (κ3) is 4.60.